The number of halogens is 2. The van der Waals surface area contributed by atoms with Gasteiger partial charge in [-0.1, -0.05) is 23.2 Å². The van der Waals surface area contributed by atoms with Crippen molar-refractivity contribution < 1.29 is 29.4 Å². The number of imide groups is 1. The van der Waals surface area contributed by atoms with Gasteiger partial charge in [0.05, 0.1) is 21.2 Å². The van der Waals surface area contributed by atoms with Crippen LogP contribution in [0.15, 0.2) is 12.1 Å². The average molecular weight is 346 g/mol. The zero-order chi connectivity index (χ0) is 16.6. The van der Waals surface area contributed by atoms with Crippen LogP contribution >= 0.6 is 23.2 Å². The number of nitrogens with zero attached hydrogens (tertiary/aromatic N) is 1. The van der Waals surface area contributed by atoms with E-state index in [1.807, 2.05) is 0 Å². The van der Waals surface area contributed by atoms with Crippen molar-refractivity contribution in [2.24, 2.45) is 0 Å². The van der Waals surface area contributed by atoms with Gasteiger partial charge >= 0.3 is 11.9 Å². The predicted octanol–water partition coefficient (Wildman–Crippen LogP) is 1.91. The predicted molar refractivity (Wildman–Crippen MR) is 75.3 cm³/mol. The summed E-state index contributed by atoms with van der Waals surface area (Å²) in [5, 5.41) is 17.9. The first-order valence-corrected chi connectivity index (χ1v) is 6.81. The number of amides is 2. The van der Waals surface area contributed by atoms with Crippen LogP contribution in [0, 0.1) is 0 Å². The summed E-state index contributed by atoms with van der Waals surface area (Å²) in [5.74, 6) is -4.37. The number of carbonyl (C=O) groups is 4. The van der Waals surface area contributed by atoms with E-state index >= 15 is 0 Å². The van der Waals surface area contributed by atoms with Crippen molar-refractivity contribution in [2.75, 3.05) is 0 Å². The number of aliphatic carboxylic acids is 2. The van der Waals surface area contributed by atoms with E-state index in [1.54, 1.807) is 0 Å². The van der Waals surface area contributed by atoms with E-state index in [2.05, 4.69) is 0 Å². The summed E-state index contributed by atoms with van der Waals surface area (Å²) < 4.78 is 0. The number of fused-ring (bicyclic) bond motifs is 1. The molecule has 0 saturated heterocycles. The molecule has 0 radical (unpaired) electrons. The van der Waals surface area contributed by atoms with Gasteiger partial charge in [0.25, 0.3) is 11.8 Å². The topological polar surface area (TPSA) is 112 Å². The van der Waals surface area contributed by atoms with Crippen LogP contribution in [0.1, 0.15) is 33.6 Å². The van der Waals surface area contributed by atoms with Gasteiger partial charge in [0.2, 0.25) is 0 Å². The van der Waals surface area contributed by atoms with Gasteiger partial charge in [-0.2, -0.15) is 0 Å². The maximum atomic E-state index is 12.3. The molecule has 116 valence electrons. The SMILES string of the molecule is O=C(O)CC[C@@H](C(=O)O)N1C(=O)c2cc(Cl)c(Cl)cc2C1=O. The first-order chi connectivity index (χ1) is 10.2. The van der Waals surface area contributed by atoms with Gasteiger partial charge in [-0.05, 0) is 18.6 Å². The first-order valence-electron chi connectivity index (χ1n) is 6.05. The van der Waals surface area contributed by atoms with Crippen molar-refractivity contribution in [1.29, 1.82) is 0 Å². The Morgan fingerprint density at radius 3 is 1.86 bits per heavy atom. The maximum Gasteiger partial charge on any atom is 0.326 e. The lowest BCUT2D eigenvalue weighted by Crippen LogP contribution is -2.45. The lowest BCUT2D eigenvalue weighted by molar-refractivity contribution is -0.142. The molecule has 0 spiro atoms. The van der Waals surface area contributed by atoms with E-state index in [9.17, 15) is 24.3 Å². The standard InChI is InChI=1S/C13H9Cl2NO6/c14-7-3-5-6(4-8(7)15)12(20)16(11(5)19)9(13(21)22)1-2-10(17)18/h3-4,9H,1-2H2,(H,17,18)(H,21,22)/t9-/m0/s1. The normalized spacial score (nSPS) is 14.9. The van der Waals surface area contributed by atoms with E-state index in [-0.39, 0.29) is 21.2 Å². The molecule has 0 aromatic heterocycles. The molecule has 1 aromatic rings. The minimum Gasteiger partial charge on any atom is -0.481 e. The Kier molecular flexibility index (Phi) is 4.39. The van der Waals surface area contributed by atoms with Gasteiger partial charge in [-0.15, -0.1) is 0 Å². The number of hydrogen-bond donors (Lipinski definition) is 2. The average Bonchev–Trinajstić information content (AvgIpc) is 2.64. The highest BCUT2D eigenvalue weighted by Crippen LogP contribution is 2.33. The second kappa shape index (κ2) is 5.94. The lowest BCUT2D eigenvalue weighted by Gasteiger charge is -2.21. The molecule has 0 unspecified atom stereocenters. The Balaban J connectivity index is 2.40. The second-order valence-electron chi connectivity index (χ2n) is 4.58. The third-order valence-corrected chi connectivity index (χ3v) is 3.91. The van der Waals surface area contributed by atoms with E-state index in [1.165, 1.54) is 12.1 Å². The highest BCUT2D eigenvalue weighted by atomic mass is 35.5. The molecular formula is C13H9Cl2NO6. The van der Waals surface area contributed by atoms with Crippen molar-refractivity contribution in [1.82, 2.24) is 4.90 Å². The molecule has 1 heterocycles. The Hall–Kier alpha value is -2.12. The minimum atomic E-state index is -1.57. The monoisotopic (exact) mass is 345 g/mol. The van der Waals surface area contributed by atoms with Crippen molar-refractivity contribution in [3.63, 3.8) is 0 Å². The molecule has 0 bridgehead atoms. The summed E-state index contributed by atoms with van der Waals surface area (Å²) in [6.07, 6.45) is -0.885. The van der Waals surface area contributed by atoms with Gasteiger partial charge in [0.1, 0.15) is 6.04 Å². The Morgan fingerprint density at radius 2 is 1.50 bits per heavy atom. The van der Waals surface area contributed by atoms with E-state index in [4.69, 9.17) is 28.3 Å². The van der Waals surface area contributed by atoms with Gasteiger partial charge in [-0.25, -0.2) is 4.79 Å². The first kappa shape index (κ1) is 16.3. The second-order valence-corrected chi connectivity index (χ2v) is 5.39. The smallest absolute Gasteiger partial charge is 0.326 e. The zero-order valence-corrected chi connectivity index (χ0v) is 12.4. The number of benzene rings is 1. The van der Waals surface area contributed by atoms with Crippen molar-refractivity contribution >= 4 is 47.0 Å². The molecule has 2 rings (SSSR count). The number of rotatable bonds is 5. The van der Waals surface area contributed by atoms with E-state index in [0.717, 1.165) is 0 Å². The number of carboxylic acids is 2. The highest BCUT2D eigenvalue weighted by molar-refractivity contribution is 6.43. The highest BCUT2D eigenvalue weighted by Gasteiger charge is 2.43. The molecule has 2 N–H and O–H groups in total. The largest absolute Gasteiger partial charge is 0.481 e. The fraction of sp³-hybridized carbons (Fsp3) is 0.231. The molecular weight excluding hydrogens is 337 g/mol. The molecule has 1 atom stereocenters. The molecule has 2 amide bonds. The fourth-order valence-corrected chi connectivity index (χ4v) is 2.49. The Bertz CT molecular complexity index is 661. The summed E-state index contributed by atoms with van der Waals surface area (Å²) in [4.78, 5) is 46.9. The van der Waals surface area contributed by atoms with Crippen molar-refractivity contribution in [3.05, 3.63) is 33.3 Å². The molecule has 1 aromatic carbocycles. The fourth-order valence-electron chi connectivity index (χ4n) is 2.16. The van der Waals surface area contributed by atoms with Crippen LogP contribution in [0.5, 0.6) is 0 Å². The van der Waals surface area contributed by atoms with Crippen molar-refractivity contribution in [3.8, 4) is 0 Å². The number of carboxylic acid groups (broad SMARTS) is 2. The Labute approximate surface area is 134 Å². The third kappa shape index (κ3) is 2.77. The van der Waals surface area contributed by atoms with Crippen LogP contribution < -0.4 is 0 Å². The van der Waals surface area contributed by atoms with Gasteiger partial charge in [0.15, 0.2) is 0 Å². The summed E-state index contributed by atoms with van der Waals surface area (Å²) >= 11 is 11.6. The van der Waals surface area contributed by atoms with Crippen LogP contribution in [0.4, 0.5) is 0 Å². The van der Waals surface area contributed by atoms with Gasteiger partial charge < -0.3 is 10.2 Å². The Morgan fingerprint density at radius 1 is 1.05 bits per heavy atom. The van der Waals surface area contributed by atoms with Crippen LogP contribution in [0.25, 0.3) is 0 Å². The maximum absolute atomic E-state index is 12.3. The molecule has 22 heavy (non-hydrogen) atoms. The lowest BCUT2D eigenvalue weighted by atomic mass is 10.1. The summed E-state index contributed by atoms with van der Waals surface area (Å²) in [7, 11) is 0. The van der Waals surface area contributed by atoms with Crippen LogP contribution in [0.3, 0.4) is 0 Å². The molecule has 1 aliphatic rings. The summed E-state index contributed by atoms with van der Waals surface area (Å²) in [6, 6.07) is 0.812. The molecule has 1 aliphatic heterocycles. The van der Waals surface area contributed by atoms with Crippen LogP contribution in [-0.2, 0) is 9.59 Å². The molecule has 0 aliphatic carbocycles. The van der Waals surface area contributed by atoms with E-state index < -0.39 is 42.6 Å². The minimum absolute atomic E-state index is 0.0547. The van der Waals surface area contributed by atoms with Crippen LogP contribution in [-0.4, -0.2) is 44.9 Å². The van der Waals surface area contributed by atoms with Crippen molar-refractivity contribution in [2.45, 2.75) is 18.9 Å². The molecule has 0 saturated carbocycles. The van der Waals surface area contributed by atoms with Gasteiger partial charge in [0, 0.05) is 6.42 Å². The number of hydrogen-bond acceptors (Lipinski definition) is 4. The quantitative estimate of drug-likeness (QED) is 0.788. The summed E-state index contributed by atoms with van der Waals surface area (Å²) in [6.45, 7) is 0. The van der Waals surface area contributed by atoms with E-state index in [0.29, 0.717) is 4.90 Å². The number of carbonyl (C=O) groups excluding carboxylic acids is 2. The molecule has 7 nitrogen and oxygen atoms in total. The van der Waals surface area contributed by atoms with Crippen LogP contribution in [0.2, 0.25) is 10.0 Å². The molecule has 0 fully saturated rings. The molecule has 9 heteroatoms. The summed E-state index contributed by atoms with van der Waals surface area (Å²) in [5.41, 5.74) is -0.109. The zero-order valence-electron chi connectivity index (χ0n) is 10.9. The third-order valence-electron chi connectivity index (χ3n) is 3.19. The van der Waals surface area contributed by atoms with Gasteiger partial charge in [-0.3, -0.25) is 19.3 Å².